The molecule has 2 heterocycles. The minimum Gasteiger partial charge on any atom is -0.491 e. The molecule has 2 aliphatic heterocycles. The van der Waals surface area contributed by atoms with E-state index in [0.717, 1.165) is 5.75 Å². The summed E-state index contributed by atoms with van der Waals surface area (Å²) in [5, 5.41) is 0. The highest BCUT2D eigenvalue weighted by Gasteiger charge is 2.63. The number of benzene rings is 1. The van der Waals surface area contributed by atoms with Crippen LogP contribution in [0.25, 0.3) is 0 Å². The lowest BCUT2D eigenvalue weighted by atomic mass is 9.87. The molecule has 2 aliphatic rings. The molecular formula is C21H30O6. The van der Waals surface area contributed by atoms with Crippen molar-refractivity contribution in [2.45, 2.75) is 59.2 Å². The molecule has 0 N–H and O–H groups in total. The number of carbonyl (C=O) groups is 1. The lowest BCUT2D eigenvalue weighted by molar-refractivity contribution is -0.348. The lowest BCUT2D eigenvalue weighted by Gasteiger charge is -2.34. The fraction of sp³-hybridized carbons (Fsp3) is 0.667. The van der Waals surface area contributed by atoms with Gasteiger partial charge in [-0.1, -0.05) is 39.0 Å². The van der Waals surface area contributed by atoms with Crippen molar-refractivity contribution in [2.24, 2.45) is 10.8 Å². The molecule has 3 unspecified atom stereocenters. The van der Waals surface area contributed by atoms with Gasteiger partial charge in [0.15, 0.2) is 6.10 Å². The lowest BCUT2D eigenvalue weighted by Crippen LogP contribution is -2.50. The summed E-state index contributed by atoms with van der Waals surface area (Å²) in [6, 6.07) is 9.53. The largest absolute Gasteiger partial charge is 0.491 e. The predicted octanol–water partition coefficient (Wildman–Crippen LogP) is 3.54. The summed E-state index contributed by atoms with van der Waals surface area (Å²) in [6.07, 6.45) is -0.271. The van der Waals surface area contributed by atoms with E-state index in [1.807, 2.05) is 65.0 Å². The second-order valence-electron chi connectivity index (χ2n) is 8.58. The van der Waals surface area contributed by atoms with E-state index >= 15 is 0 Å². The second kappa shape index (κ2) is 7.41. The molecule has 27 heavy (non-hydrogen) atoms. The molecule has 1 spiro atoms. The van der Waals surface area contributed by atoms with Gasteiger partial charge in [-0.25, -0.2) is 0 Å². The second-order valence-corrected chi connectivity index (χ2v) is 8.58. The van der Waals surface area contributed by atoms with Crippen LogP contribution in [0.5, 0.6) is 5.75 Å². The van der Waals surface area contributed by atoms with Crippen LogP contribution in [0, 0.1) is 10.8 Å². The number of para-hydroxylation sites is 1. The van der Waals surface area contributed by atoms with Crippen molar-refractivity contribution in [2.75, 3.05) is 19.8 Å². The molecule has 1 aromatic carbocycles. The van der Waals surface area contributed by atoms with Crippen LogP contribution in [-0.4, -0.2) is 44.0 Å². The van der Waals surface area contributed by atoms with Gasteiger partial charge in [-0.3, -0.25) is 4.79 Å². The Balaban J connectivity index is 1.67. The fourth-order valence-electron chi connectivity index (χ4n) is 3.07. The molecule has 0 aromatic heterocycles. The SMILES string of the molecule is CCC(C)(C)C(=O)OC1C(C)(C)COC12OCC(COc1ccccc1)O2. The molecule has 0 aliphatic carbocycles. The van der Waals surface area contributed by atoms with Crippen molar-refractivity contribution in [3.8, 4) is 5.75 Å². The highest BCUT2D eigenvalue weighted by molar-refractivity contribution is 5.76. The molecule has 6 heteroatoms. The Kier molecular flexibility index (Phi) is 5.52. The summed E-state index contributed by atoms with van der Waals surface area (Å²) in [7, 11) is 0. The van der Waals surface area contributed by atoms with E-state index in [4.69, 9.17) is 23.7 Å². The zero-order chi connectivity index (χ0) is 19.7. The third-order valence-electron chi connectivity index (χ3n) is 5.32. The smallest absolute Gasteiger partial charge is 0.323 e. The highest BCUT2D eigenvalue weighted by atomic mass is 16.9. The first-order valence-electron chi connectivity index (χ1n) is 9.53. The van der Waals surface area contributed by atoms with Crippen LogP contribution in [0.3, 0.4) is 0 Å². The monoisotopic (exact) mass is 378 g/mol. The van der Waals surface area contributed by atoms with Crippen molar-refractivity contribution in [3.63, 3.8) is 0 Å². The van der Waals surface area contributed by atoms with Gasteiger partial charge >= 0.3 is 11.9 Å². The van der Waals surface area contributed by atoms with Crippen LogP contribution in [-0.2, 0) is 23.7 Å². The maximum absolute atomic E-state index is 12.7. The van der Waals surface area contributed by atoms with Crippen LogP contribution < -0.4 is 4.74 Å². The number of esters is 1. The minimum atomic E-state index is -1.37. The number of hydrogen-bond donors (Lipinski definition) is 0. The normalized spacial score (nSPS) is 29.8. The molecule has 150 valence electrons. The van der Waals surface area contributed by atoms with E-state index in [1.54, 1.807) is 0 Å². The Hall–Kier alpha value is -1.63. The van der Waals surface area contributed by atoms with Crippen LogP contribution in [0.1, 0.15) is 41.0 Å². The predicted molar refractivity (Wildman–Crippen MR) is 99.2 cm³/mol. The number of ether oxygens (including phenoxy) is 5. The van der Waals surface area contributed by atoms with E-state index in [0.29, 0.717) is 26.2 Å². The molecule has 2 fully saturated rings. The first-order chi connectivity index (χ1) is 12.7. The third-order valence-corrected chi connectivity index (χ3v) is 5.32. The van der Waals surface area contributed by atoms with Gasteiger partial charge < -0.3 is 23.7 Å². The average Bonchev–Trinajstić information content (AvgIpc) is 3.17. The van der Waals surface area contributed by atoms with Crippen molar-refractivity contribution in [1.29, 1.82) is 0 Å². The maximum Gasteiger partial charge on any atom is 0.323 e. The Morgan fingerprint density at radius 3 is 2.59 bits per heavy atom. The number of carbonyl (C=O) groups excluding carboxylic acids is 1. The van der Waals surface area contributed by atoms with Crippen molar-refractivity contribution in [1.82, 2.24) is 0 Å². The molecule has 0 amide bonds. The van der Waals surface area contributed by atoms with Crippen LogP contribution in [0.2, 0.25) is 0 Å². The van der Waals surface area contributed by atoms with E-state index in [-0.39, 0.29) is 12.1 Å². The van der Waals surface area contributed by atoms with E-state index in [1.165, 1.54) is 0 Å². The topological polar surface area (TPSA) is 63.2 Å². The van der Waals surface area contributed by atoms with Gasteiger partial charge in [0.2, 0.25) is 0 Å². The van der Waals surface area contributed by atoms with Crippen molar-refractivity contribution in [3.05, 3.63) is 30.3 Å². The standard InChI is InChI=1S/C21H30O6/c1-6-19(2,3)18(22)26-17-20(4,5)14-25-21(17)24-13-16(27-21)12-23-15-10-8-7-9-11-15/h7-11,16-17H,6,12-14H2,1-5H3. The molecule has 3 atom stereocenters. The van der Waals surface area contributed by atoms with Crippen LogP contribution in [0.4, 0.5) is 0 Å². The summed E-state index contributed by atoms with van der Waals surface area (Å²) < 4.78 is 29.5. The van der Waals surface area contributed by atoms with E-state index < -0.39 is 22.9 Å². The average molecular weight is 378 g/mol. The molecule has 0 bridgehead atoms. The molecule has 0 radical (unpaired) electrons. The van der Waals surface area contributed by atoms with Gasteiger partial charge in [0.1, 0.15) is 18.5 Å². The van der Waals surface area contributed by atoms with Crippen molar-refractivity contribution >= 4 is 5.97 Å². The van der Waals surface area contributed by atoms with Crippen molar-refractivity contribution < 1.29 is 28.5 Å². The zero-order valence-corrected chi connectivity index (χ0v) is 16.8. The fourth-order valence-corrected chi connectivity index (χ4v) is 3.07. The molecule has 1 aromatic rings. The molecular weight excluding hydrogens is 348 g/mol. The van der Waals surface area contributed by atoms with Gasteiger partial charge in [0.25, 0.3) is 0 Å². The molecule has 6 nitrogen and oxygen atoms in total. The quantitative estimate of drug-likeness (QED) is 0.706. The third kappa shape index (κ3) is 4.13. The summed E-state index contributed by atoms with van der Waals surface area (Å²) in [5.74, 6) is -0.875. The van der Waals surface area contributed by atoms with Gasteiger partial charge in [-0.2, -0.15) is 0 Å². The highest BCUT2D eigenvalue weighted by Crippen LogP contribution is 2.46. The summed E-state index contributed by atoms with van der Waals surface area (Å²) >= 11 is 0. The van der Waals surface area contributed by atoms with Gasteiger partial charge in [0.05, 0.1) is 18.6 Å². The van der Waals surface area contributed by atoms with Gasteiger partial charge in [-0.15, -0.1) is 0 Å². The van der Waals surface area contributed by atoms with Crippen LogP contribution in [0.15, 0.2) is 30.3 Å². The first-order valence-corrected chi connectivity index (χ1v) is 9.53. The zero-order valence-electron chi connectivity index (χ0n) is 16.8. The summed E-state index contributed by atoms with van der Waals surface area (Å²) in [6.45, 7) is 10.7. The molecule has 3 rings (SSSR count). The Morgan fingerprint density at radius 1 is 1.22 bits per heavy atom. The Morgan fingerprint density at radius 2 is 1.93 bits per heavy atom. The maximum atomic E-state index is 12.7. The van der Waals surface area contributed by atoms with Gasteiger partial charge in [0, 0.05) is 5.41 Å². The van der Waals surface area contributed by atoms with Crippen LogP contribution >= 0.6 is 0 Å². The van der Waals surface area contributed by atoms with E-state index in [2.05, 4.69) is 0 Å². The number of rotatable bonds is 6. The Labute approximate surface area is 161 Å². The molecule has 2 saturated heterocycles. The molecule has 0 saturated carbocycles. The summed E-state index contributed by atoms with van der Waals surface area (Å²) in [5.41, 5.74) is -0.997. The Bertz CT molecular complexity index is 656. The number of hydrogen-bond acceptors (Lipinski definition) is 6. The first kappa shape index (κ1) is 20.1. The minimum absolute atomic E-state index is 0.274. The summed E-state index contributed by atoms with van der Waals surface area (Å²) in [4.78, 5) is 12.7. The van der Waals surface area contributed by atoms with E-state index in [9.17, 15) is 4.79 Å². The van der Waals surface area contributed by atoms with Gasteiger partial charge in [-0.05, 0) is 32.4 Å².